The molecule has 2 rings (SSSR count). The molecule has 0 aliphatic heterocycles. The number of rotatable bonds is 5. The molecule has 0 bridgehead atoms. The molecule has 0 radical (unpaired) electrons. The standard InChI is InChI=1S/C14H18N4OS/c1-4-15-11-6-5-10(9-17-11)12(19)18-14(2,3)13-16-7-8-20-13/h5-9H,4H2,1-3H3,(H,15,17)(H,18,19). The SMILES string of the molecule is CCNc1ccc(C(=O)NC(C)(C)c2nccs2)cn1. The lowest BCUT2D eigenvalue weighted by Gasteiger charge is -2.23. The molecule has 2 aromatic rings. The van der Waals surface area contributed by atoms with Crippen molar-refractivity contribution in [3.05, 3.63) is 40.5 Å². The average Bonchev–Trinajstić information content (AvgIpc) is 2.94. The number of pyridine rings is 1. The molecule has 0 saturated heterocycles. The molecule has 5 nitrogen and oxygen atoms in total. The number of aromatic nitrogens is 2. The van der Waals surface area contributed by atoms with Gasteiger partial charge in [-0.1, -0.05) is 0 Å². The Morgan fingerprint density at radius 2 is 2.15 bits per heavy atom. The fraction of sp³-hybridized carbons (Fsp3) is 0.357. The minimum absolute atomic E-state index is 0.152. The molecule has 6 heteroatoms. The Balaban J connectivity index is 2.08. The Hall–Kier alpha value is -1.95. The van der Waals surface area contributed by atoms with E-state index in [1.54, 1.807) is 24.5 Å². The highest BCUT2D eigenvalue weighted by atomic mass is 32.1. The van der Waals surface area contributed by atoms with Crippen LogP contribution in [-0.4, -0.2) is 22.4 Å². The van der Waals surface area contributed by atoms with Crippen LogP contribution in [0.25, 0.3) is 0 Å². The monoisotopic (exact) mass is 290 g/mol. The summed E-state index contributed by atoms with van der Waals surface area (Å²) in [5, 5.41) is 8.84. The quantitative estimate of drug-likeness (QED) is 0.888. The number of nitrogens with zero attached hydrogens (tertiary/aromatic N) is 2. The van der Waals surface area contributed by atoms with E-state index < -0.39 is 5.54 Å². The van der Waals surface area contributed by atoms with Gasteiger partial charge in [0.1, 0.15) is 10.8 Å². The molecule has 1 amide bonds. The van der Waals surface area contributed by atoms with Gasteiger partial charge in [-0.2, -0.15) is 0 Å². The van der Waals surface area contributed by atoms with Crippen molar-refractivity contribution >= 4 is 23.1 Å². The summed E-state index contributed by atoms with van der Waals surface area (Å²) in [5.74, 6) is 0.615. The second-order valence-electron chi connectivity index (χ2n) is 4.88. The predicted molar refractivity (Wildman–Crippen MR) is 81.0 cm³/mol. The van der Waals surface area contributed by atoms with Gasteiger partial charge in [0.15, 0.2) is 0 Å². The number of thiazole rings is 1. The van der Waals surface area contributed by atoms with Gasteiger partial charge in [-0.05, 0) is 32.9 Å². The normalized spacial score (nSPS) is 11.2. The molecule has 0 unspecified atom stereocenters. The summed E-state index contributed by atoms with van der Waals surface area (Å²) < 4.78 is 0. The number of hydrogen-bond acceptors (Lipinski definition) is 5. The van der Waals surface area contributed by atoms with E-state index in [1.807, 2.05) is 26.2 Å². The Morgan fingerprint density at radius 3 is 2.70 bits per heavy atom. The largest absolute Gasteiger partial charge is 0.370 e. The van der Waals surface area contributed by atoms with Gasteiger partial charge in [-0.3, -0.25) is 4.79 Å². The molecule has 0 saturated carbocycles. The van der Waals surface area contributed by atoms with Crippen LogP contribution in [0, 0.1) is 0 Å². The summed E-state index contributed by atoms with van der Waals surface area (Å²) in [6.07, 6.45) is 3.31. The zero-order chi connectivity index (χ0) is 14.6. The zero-order valence-corrected chi connectivity index (χ0v) is 12.6. The minimum atomic E-state index is -0.494. The van der Waals surface area contributed by atoms with Crippen LogP contribution < -0.4 is 10.6 Å². The lowest BCUT2D eigenvalue weighted by Crippen LogP contribution is -2.40. The number of anilines is 1. The van der Waals surface area contributed by atoms with Crippen LogP contribution in [0.5, 0.6) is 0 Å². The van der Waals surface area contributed by atoms with E-state index in [-0.39, 0.29) is 5.91 Å². The van der Waals surface area contributed by atoms with Gasteiger partial charge in [-0.25, -0.2) is 9.97 Å². The number of carbonyl (C=O) groups excluding carboxylic acids is 1. The smallest absolute Gasteiger partial charge is 0.253 e. The van der Waals surface area contributed by atoms with E-state index in [1.165, 1.54) is 11.3 Å². The van der Waals surface area contributed by atoms with E-state index >= 15 is 0 Å². The van der Waals surface area contributed by atoms with E-state index in [0.29, 0.717) is 5.56 Å². The molecule has 20 heavy (non-hydrogen) atoms. The van der Waals surface area contributed by atoms with Crippen molar-refractivity contribution in [2.24, 2.45) is 0 Å². The highest BCUT2D eigenvalue weighted by molar-refractivity contribution is 7.09. The fourth-order valence-electron chi connectivity index (χ4n) is 1.76. The molecule has 2 heterocycles. The summed E-state index contributed by atoms with van der Waals surface area (Å²) in [6, 6.07) is 3.56. The Morgan fingerprint density at radius 1 is 1.35 bits per heavy atom. The molecule has 106 valence electrons. The van der Waals surface area contributed by atoms with Crippen LogP contribution in [0.1, 0.15) is 36.1 Å². The maximum absolute atomic E-state index is 12.2. The highest BCUT2D eigenvalue weighted by Gasteiger charge is 2.26. The van der Waals surface area contributed by atoms with Gasteiger partial charge in [0.2, 0.25) is 0 Å². The first-order chi connectivity index (χ1) is 9.53. The predicted octanol–water partition coefficient (Wildman–Crippen LogP) is 2.64. The summed E-state index contributed by atoms with van der Waals surface area (Å²) >= 11 is 1.52. The molecule has 2 N–H and O–H groups in total. The first kappa shape index (κ1) is 14.5. The van der Waals surface area contributed by atoms with Crippen LogP contribution in [0.2, 0.25) is 0 Å². The maximum atomic E-state index is 12.2. The lowest BCUT2D eigenvalue weighted by atomic mass is 10.1. The third-order valence-corrected chi connectivity index (χ3v) is 3.87. The summed E-state index contributed by atoms with van der Waals surface area (Å²) in [7, 11) is 0. The van der Waals surface area contributed by atoms with Gasteiger partial charge in [0.05, 0.1) is 11.1 Å². The maximum Gasteiger partial charge on any atom is 0.253 e. The van der Waals surface area contributed by atoms with Crippen LogP contribution in [0.4, 0.5) is 5.82 Å². The first-order valence-corrected chi connectivity index (χ1v) is 7.33. The van der Waals surface area contributed by atoms with Crippen LogP contribution in [0.15, 0.2) is 29.9 Å². The second kappa shape index (κ2) is 6.00. The number of nitrogens with one attached hydrogen (secondary N) is 2. The van der Waals surface area contributed by atoms with Crippen molar-refractivity contribution in [3.63, 3.8) is 0 Å². The highest BCUT2D eigenvalue weighted by Crippen LogP contribution is 2.22. The van der Waals surface area contributed by atoms with Crippen molar-refractivity contribution in [1.29, 1.82) is 0 Å². The van der Waals surface area contributed by atoms with Gasteiger partial charge >= 0.3 is 0 Å². The molecule has 0 aromatic carbocycles. The lowest BCUT2D eigenvalue weighted by molar-refractivity contribution is 0.0911. The van der Waals surface area contributed by atoms with Crippen LogP contribution in [0.3, 0.4) is 0 Å². The third-order valence-electron chi connectivity index (χ3n) is 2.78. The van der Waals surface area contributed by atoms with Crippen molar-refractivity contribution in [2.45, 2.75) is 26.3 Å². The summed E-state index contributed by atoms with van der Waals surface area (Å²) in [5.41, 5.74) is 0.0438. The number of carbonyl (C=O) groups is 1. The van der Waals surface area contributed by atoms with Gasteiger partial charge in [0.25, 0.3) is 5.91 Å². The van der Waals surface area contributed by atoms with Gasteiger partial charge in [-0.15, -0.1) is 11.3 Å². The number of amides is 1. The molecule has 0 atom stereocenters. The molecule has 0 spiro atoms. The van der Waals surface area contributed by atoms with Crippen molar-refractivity contribution in [3.8, 4) is 0 Å². The number of hydrogen-bond donors (Lipinski definition) is 2. The Kier molecular flexibility index (Phi) is 4.34. The average molecular weight is 290 g/mol. The third kappa shape index (κ3) is 3.33. The molecule has 0 aliphatic carbocycles. The van der Waals surface area contributed by atoms with Gasteiger partial charge in [0, 0.05) is 24.3 Å². The van der Waals surface area contributed by atoms with Crippen LogP contribution in [-0.2, 0) is 5.54 Å². The summed E-state index contributed by atoms with van der Waals surface area (Å²) in [6.45, 7) is 6.67. The van der Waals surface area contributed by atoms with E-state index in [4.69, 9.17) is 0 Å². The summed E-state index contributed by atoms with van der Waals surface area (Å²) in [4.78, 5) is 20.7. The fourth-order valence-corrected chi connectivity index (χ4v) is 2.47. The molecule has 0 aliphatic rings. The van der Waals surface area contributed by atoms with Gasteiger partial charge < -0.3 is 10.6 Å². The topological polar surface area (TPSA) is 66.9 Å². The van der Waals surface area contributed by atoms with E-state index in [2.05, 4.69) is 20.6 Å². The zero-order valence-electron chi connectivity index (χ0n) is 11.8. The molecule has 0 fully saturated rings. The van der Waals surface area contributed by atoms with Crippen molar-refractivity contribution < 1.29 is 4.79 Å². The van der Waals surface area contributed by atoms with Crippen molar-refractivity contribution in [1.82, 2.24) is 15.3 Å². The molecular weight excluding hydrogens is 272 g/mol. The van der Waals surface area contributed by atoms with E-state index in [0.717, 1.165) is 17.4 Å². The first-order valence-electron chi connectivity index (χ1n) is 6.45. The minimum Gasteiger partial charge on any atom is -0.370 e. The second-order valence-corrected chi connectivity index (χ2v) is 5.77. The van der Waals surface area contributed by atoms with Crippen LogP contribution >= 0.6 is 11.3 Å². The Bertz CT molecular complexity index is 563. The molecular formula is C14H18N4OS. The molecule has 2 aromatic heterocycles. The van der Waals surface area contributed by atoms with Crippen molar-refractivity contribution in [2.75, 3.05) is 11.9 Å². The Labute approximate surface area is 122 Å². The van der Waals surface area contributed by atoms with E-state index in [9.17, 15) is 4.79 Å².